The summed E-state index contributed by atoms with van der Waals surface area (Å²) in [5.74, 6) is 1.86. The van der Waals surface area contributed by atoms with Gasteiger partial charge in [0.05, 0.1) is 5.69 Å². The summed E-state index contributed by atoms with van der Waals surface area (Å²) in [5, 5.41) is 4.37. The second-order valence-corrected chi connectivity index (χ2v) is 5.57. The van der Waals surface area contributed by atoms with E-state index in [4.69, 9.17) is 5.73 Å². The highest BCUT2D eigenvalue weighted by atomic mass is 15.3. The molecule has 0 bridgehead atoms. The van der Waals surface area contributed by atoms with Crippen molar-refractivity contribution in [2.24, 2.45) is 14.1 Å². The van der Waals surface area contributed by atoms with Crippen LogP contribution in [0.1, 0.15) is 17.1 Å². The molecule has 0 spiro atoms. The van der Waals surface area contributed by atoms with Crippen molar-refractivity contribution in [3.63, 3.8) is 0 Å². The number of nitrogen functional groups attached to an aromatic ring is 1. The van der Waals surface area contributed by atoms with Gasteiger partial charge in [-0.05, 0) is 13.8 Å². The van der Waals surface area contributed by atoms with E-state index in [0.29, 0.717) is 6.54 Å². The molecule has 0 aliphatic heterocycles. The molecule has 0 atom stereocenters. The average Bonchev–Trinajstić information content (AvgIpc) is 2.90. The highest BCUT2D eigenvalue weighted by Crippen LogP contribution is 2.25. The van der Waals surface area contributed by atoms with Gasteiger partial charge in [0.2, 0.25) is 5.95 Å². The highest BCUT2D eigenvalue weighted by molar-refractivity contribution is 5.85. The van der Waals surface area contributed by atoms with Gasteiger partial charge in [-0.2, -0.15) is 15.1 Å². The maximum Gasteiger partial charge on any atom is 0.224 e. The van der Waals surface area contributed by atoms with Gasteiger partial charge in [0.1, 0.15) is 5.82 Å². The van der Waals surface area contributed by atoms with Gasteiger partial charge < -0.3 is 15.2 Å². The van der Waals surface area contributed by atoms with E-state index in [-0.39, 0.29) is 5.95 Å². The van der Waals surface area contributed by atoms with Crippen molar-refractivity contribution in [1.82, 2.24) is 29.3 Å². The van der Waals surface area contributed by atoms with E-state index >= 15 is 0 Å². The Kier molecular flexibility index (Phi) is 3.23. The van der Waals surface area contributed by atoms with Crippen molar-refractivity contribution in [1.29, 1.82) is 0 Å². The fraction of sp³-hybridized carbons (Fsp3) is 0.429. The lowest BCUT2D eigenvalue weighted by atomic mass is 10.2. The maximum atomic E-state index is 5.86. The summed E-state index contributed by atoms with van der Waals surface area (Å²) < 4.78 is 3.73. The van der Waals surface area contributed by atoms with Crippen LogP contribution in [0.5, 0.6) is 0 Å². The van der Waals surface area contributed by atoms with E-state index < -0.39 is 0 Å². The SMILES string of the molecule is Cc1nn(C)cc1CN(C)c1nc(N)nc2c1nc(C)n2C. The van der Waals surface area contributed by atoms with Crippen LogP contribution >= 0.6 is 0 Å². The standard InChI is InChI=1S/C14H20N8/c1-8-10(7-21(4)19-8)6-20(3)12-11-13(18-14(15)17-12)22(5)9(2)16-11/h7H,6H2,1-5H3,(H2,15,17,18). The number of hydrogen-bond acceptors (Lipinski definition) is 6. The molecule has 3 aromatic heterocycles. The van der Waals surface area contributed by atoms with Crippen molar-refractivity contribution < 1.29 is 0 Å². The molecule has 0 radical (unpaired) electrons. The summed E-state index contributed by atoms with van der Waals surface area (Å²) in [6.45, 7) is 4.62. The molecule has 22 heavy (non-hydrogen) atoms. The lowest BCUT2D eigenvalue weighted by Gasteiger charge is -2.18. The minimum Gasteiger partial charge on any atom is -0.368 e. The van der Waals surface area contributed by atoms with Crippen molar-refractivity contribution in [3.8, 4) is 0 Å². The average molecular weight is 300 g/mol. The van der Waals surface area contributed by atoms with E-state index in [1.54, 1.807) is 0 Å². The number of rotatable bonds is 3. The molecule has 3 heterocycles. The number of aromatic nitrogens is 6. The van der Waals surface area contributed by atoms with Crippen LogP contribution in [0.15, 0.2) is 6.20 Å². The largest absolute Gasteiger partial charge is 0.368 e. The second kappa shape index (κ2) is 4.97. The zero-order valence-corrected chi connectivity index (χ0v) is 13.5. The smallest absolute Gasteiger partial charge is 0.224 e. The van der Waals surface area contributed by atoms with E-state index in [1.807, 2.05) is 55.3 Å². The van der Waals surface area contributed by atoms with Crippen molar-refractivity contribution in [3.05, 3.63) is 23.3 Å². The summed E-state index contributed by atoms with van der Waals surface area (Å²) in [7, 11) is 5.81. The van der Waals surface area contributed by atoms with Crippen LogP contribution in [0.25, 0.3) is 11.2 Å². The Balaban J connectivity index is 2.05. The number of aryl methyl sites for hydroxylation is 4. The molecule has 0 aliphatic rings. The minimum atomic E-state index is 0.250. The molecule has 3 aromatic rings. The van der Waals surface area contributed by atoms with Crippen LogP contribution in [0.3, 0.4) is 0 Å². The highest BCUT2D eigenvalue weighted by Gasteiger charge is 2.17. The number of anilines is 2. The zero-order chi connectivity index (χ0) is 16.0. The summed E-state index contributed by atoms with van der Waals surface area (Å²) in [6.07, 6.45) is 2.01. The Morgan fingerprint density at radius 2 is 1.91 bits per heavy atom. The number of nitrogens with two attached hydrogens (primary N) is 1. The Hall–Kier alpha value is -2.64. The summed E-state index contributed by atoms with van der Waals surface area (Å²) >= 11 is 0. The van der Waals surface area contributed by atoms with Crippen LogP contribution in [-0.4, -0.2) is 36.3 Å². The fourth-order valence-corrected chi connectivity index (χ4v) is 2.57. The van der Waals surface area contributed by atoms with Crippen LogP contribution in [0.2, 0.25) is 0 Å². The first-order valence-corrected chi connectivity index (χ1v) is 7.03. The lowest BCUT2D eigenvalue weighted by Crippen LogP contribution is -2.19. The van der Waals surface area contributed by atoms with Gasteiger partial charge in [0.25, 0.3) is 0 Å². The monoisotopic (exact) mass is 300 g/mol. The second-order valence-electron chi connectivity index (χ2n) is 5.57. The van der Waals surface area contributed by atoms with Crippen LogP contribution in [0.4, 0.5) is 11.8 Å². The van der Waals surface area contributed by atoms with Gasteiger partial charge in [-0.15, -0.1) is 0 Å². The predicted octanol–water partition coefficient (Wildman–Crippen LogP) is 0.932. The van der Waals surface area contributed by atoms with Crippen molar-refractivity contribution in [2.75, 3.05) is 17.7 Å². The van der Waals surface area contributed by atoms with Gasteiger partial charge in [-0.25, -0.2) is 4.98 Å². The quantitative estimate of drug-likeness (QED) is 0.774. The van der Waals surface area contributed by atoms with E-state index in [1.165, 1.54) is 0 Å². The lowest BCUT2D eigenvalue weighted by molar-refractivity contribution is 0.756. The first kappa shape index (κ1) is 14.3. The molecule has 116 valence electrons. The third-order valence-electron chi connectivity index (χ3n) is 3.83. The number of imidazole rings is 1. The van der Waals surface area contributed by atoms with Gasteiger partial charge >= 0.3 is 0 Å². The van der Waals surface area contributed by atoms with Crippen LogP contribution in [-0.2, 0) is 20.6 Å². The van der Waals surface area contributed by atoms with Crippen LogP contribution in [0, 0.1) is 13.8 Å². The third-order valence-corrected chi connectivity index (χ3v) is 3.83. The summed E-state index contributed by atoms with van der Waals surface area (Å²) in [6, 6.07) is 0. The third kappa shape index (κ3) is 2.26. The first-order valence-electron chi connectivity index (χ1n) is 7.03. The molecule has 0 fully saturated rings. The normalized spacial score (nSPS) is 11.3. The van der Waals surface area contributed by atoms with Crippen molar-refractivity contribution >= 4 is 22.9 Å². The van der Waals surface area contributed by atoms with Crippen molar-refractivity contribution in [2.45, 2.75) is 20.4 Å². The molecule has 8 nitrogen and oxygen atoms in total. The summed E-state index contributed by atoms with van der Waals surface area (Å²) in [5.41, 5.74) is 9.52. The fourth-order valence-electron chi connectivity index (χ4n) is 2.57. The van der Waals surface area contributed by atoms with E-state index in [2.05, 4.69) is 20.1 Å². The van der Waals surface area contributed by atoms with Gasteiger partial charge in [0.15, 0.2) is 17.0 Å². The molecule has 0 aromatic carbocycles. The molecule has 0 saturated carbocycles. The number of fused-ring (bicyclic) bond motifs is 1. The van der Waals surface area contributed by atoms with Crippen LogP contribution < -0.4 is 10.6 Å². The summed E-state index contributed by atoms with van der Waals surface area (Å²) in [4.78, 5) is 15.3. The predicted molar refractivity (Wildman–Crippen MR) is 85.5 cm³/mol. The molecule has 8 heteroatoms. The molecular formula is C14H20N8. The topological polar surface area (TPSA) is 90.7 Å². The molecule has 0 amide bonds. The molecule has 2 N–H and O–H groups in total. The van der Waals surface area contributed by atoms with E-state index in [9.17, 15) is 0 Å². The molecule has 0 saturated heterocycles. The Morgan fingerprint density at radius 3 is 2.55 bits per heavy atom. The Bertz CT molecular complexity index is 844. The Labute approximate surface area is 128 Å². The zero-order valence-electron chi connectivity index (χ0n) is 13.5. The van der Waals surface area contributed by atoms with Gasteiger partial charge in [0, 0.05) is 39.4 Å². The van der Waals surface area contributed by atoms with E-state index in [0.717, 1.165) is 34.1 Å². The molecular weight excluding hydrogens is 280 g/mol. The number of hydrogen-bond donors (Lipinski definition) is 1. The molecule has 3 rings (SSSR count). The maximum absolute atomic E-state index is 5.86. The molecule has 0 unspecified atom stereocenters. The van der Waals surface area contributed by atoms with Gasteiger partial charge in [-0.3, -0.25) is 4.68 Å². The first-order chi connectivity index (χ1) is 10.4. The number of nitrogens with zero attached hydrogens (tertiary/aromatic N) is 7. The Morgan fingerprint density at radius 1 is 1.18 bits per heavy atom. The minimum absolute atomic E-state index is 0.250. The van der Waals surface area contributed by atoms with Gasteiger partial charge in [-0.1, -0.05) is 0 Å². The molecule has 0 aliphatic carbocycles.